The van der Waals surface area contributed by atoms with Crippen LogP contribution >= 0.6 is 11.6 Å². The van der Waals surface area contributed by atoms with Gasteiger partial charge in [-0.2, -0.15) is 0 Å². The summed E-state index contributed by atoms with van der Waals surface area (Å²) in [5, 5.41) is 3.62. The number of hydrogen-bond acceptors (Lipinski definition) is 3. The maximum Gasteiger partial charge on any atom is 0.144 e. The van der Waals surface area contributed by atoms with Gasteiger partial charge in [0.2, 0.25) is 0 Å². The molecule has 0 amide bonds. The van der Waals surface area contributed by atoms with Crippen LogP contribution in [0.4, 0.5) is 10.1 Å². The Labute approximate surface area is 126 Å². The maximum absolute atomic E-state index is 14.1. The van der Waals surface area contributed by atoms with E-state index in [0.29, 0.717) is 21.9 Å². The Balaban J connectivity index is 2.20. The van der Waals surface area contributed by atoms with Crippen LogP contribution in [0.25, 0.3) is 0 Å². The summed E-state index contributed by atoms with van der Waals surface area (Å²) in [5.74, 6) is -0.355. The summed E-state index contributed by atoms with van der Waals surface area (Å²) in [7, 11) is 0. The zero-order valence-corrected chi connectivity index (χ0v) is 11.8. The van der Waals surface area contributed by atoms with Gasteiger partial charge in [0.15, 0.2) is 0 Å². The summed E-state index contributed by atoms with van der Waals surface area (Å²) < 4.78 is 14.1. The highest BCUT2D eigenvalue weighted by Crippen LogP contribution is 2.27. The summed E-state index contributed by atoms with van der Waals surface area (Å²) >= 11 is 6.05. The molecule has 106 valence electrons. The standard InChI is InChI=1S/C16H12ClFN2O/c17-10-5-6-15-13(7-10)16(19-8-11(9-21)20-15)12-3-1-2-4-14(12)18/h1-7,9,11,20H,8H2. The van der Waals surface area contributed by atoms with Crippen LogP contribution in [0.1, 0.15) is 11.1 Å². The summed E-state index contributed by atoms with van der Waals surface area (Å²) in [6.07, 6.45) is 0.798. The molecular formula is C16H12ClFN2O. The molecule has 0 fully saturated rings. The summed E-state index contributed by atoms with van der Waals surface area (Å²) in [6, 6.07) is 11.2. The quantitative estimate of drug-likeness (QED) is 0.865. The van der Waals surface area contributed by atoms with Gasteiger partial charge in [0.05, 0.1) is 12.3 Å². The van der Waals surface area contributed by atoms with Crippen LogP contribution in [-0.4, -0.2) is 24.6 Å². The molecule has 1 aliphatic rings. The third-order valence-corrected chi connectivity index (χ3v) is 3.55. The molecule has 21 heavy (non-hydrogen) atoms. The Bertz CT molecular complexity index is 730. The zero-order chi connectivity index (χ0) is 14.8. The third kappa shape index (κ3) is 2.67. The molecule has 5 heteroatoms. The molecule has 1 aliphatic heterocycles. The number of fused-ring (bicyclic) bond motifs is 1. The molecule has 2 aromatic carbocycles. The number of nitrogens with zero attached hydrogens (tertiary/aromatic N) is 1. The van der Waals surface area contributed by atoms with Gasteiger partial charge in [-0.05, 0) is 30.3 Å². The molecule has 3 nitrogen and oxygen atoms in total. The van der Waals surface area contributed by atoms with Crippen molar-refractivity contribution in [2.45, 2.75) is 6.04 Å². The van der Waals surface area contributed by atoms with Crippen molar-refractivity contribution in [3.8, 4) is 0 Å². The lowest BCUT2D eigenvalue weighted by atomic mass is 10.00. The lowest BCUT2D eigenvalue weighted by Crippen LogP contribution is -2.23. The number of halogens is 2. The van der Waals surface area contributed by atoms with E-state index in [0.717, 1.165) is 12.0 Å². The third-order valence-electron chi connectivity index (χ3n) is 3.32. The van der Waals surface area contributed by atoms with E-state index in [1.807, 2.05) is 0 Å². The molecule has 0 spiro atoms. The fourth-order valence-electron chi connectivity index (χ4n) is 2.32. The molecule has 1 N–H and O–H groups in total. The number of anilines is 1. The van der Waals surface area contributed by atoms with Crippen LogP contribution in [0, 0.1) is 5.82 Å². The zero-order valence-electron chi connectivity index (χ0n) is 11.0. The smallest absolute Gasteiger partial charge is 0.144 e. The van der Waals surface area contributed by atoms with Crippen LogP contribution in [0.5, 0.6) is 0 Å². The van der Waals surface area contributed by atoms with E-state index >= 15 is 0 Å². The van der Waals surface area contributed by atoms with Gasteiger partial charge in [0.1, 0.15) is 18.1 Å². The molecule has 1 heterocycles. The molecule has 3 rings (SSSR count). The fraction of sp³-hybridized carbons (Fsp3) is 0.125. The van der Waals surface area contributed by atoms with E-state index in [4.69, 9.17) is 11.6 Å². The second-order valence-electron chi connectivity index (χ2n) is 4.75. The molecule has 0 bridgehead atoms. The number of carbonyl (C=O) groups excluding carboxylic acids is 1. The number of rotatable bonds is 2. The number of nitrogens with one attached hydrogen (secondary N) is 1. The van der Waals surface area contributed by atoms with Crippen molar-refractivity contribution < 1.29 is 9.18 Å². The Kier molecular flexibility index (Phi) is 3.71. The Morgan fingerprint density at radius 2 is 2.05 bits per heavy atom. The number of benzene rings is 2. The molecule has 1 atom stereocenters. The van der Waals surface area contributed by atoms with Gasteiger partial charge in [-0.1, -0.05) is 23.7 Å². The molecule has 0 aromatic heterocycles. The SMILES string of the molecule is O=CC1CN=C(c2ccccc2F)c2cc(Cl)ccc2N1. The number of aldehydes is 1. The maximum atomic E-state index is 14.1. The van der Waals surface area contributed by atoms with E-state index in [1.54, 1.807) is 36.4 Å². The van der Waals surface area contributed by atoms with Crippen molar-refractivity contribution in [3.05, 3.63) is 64.4 Å². The van der Waals surface area contributed by atoms with Gasteiger partial charge < -0.3 is 10.1 Å². The average Bonchev–Trinajstić information content (AvgIpc) is 2.67. The van der Waals surface area contributed by atoms with E-state index in [-0.39, 0.29) is 12.4 Å². The Morgan fingerprint density at radius 3 is 2.81 bits per heavy atom. The molecular weight excluding hydrogens is 291 g/mol. The first-order valence-corrected chi connectivity index (χ1v) is 6.88. The minimum atomic E-state index is -0.436. The van der Waals surface area contributed by atoms with Gasteiger partial charge >= 0.3 is 0 Å². The number of benzodiazepines with no additional fused rings is 1. The summed E-state index contributed by atoms with van der Waals surface area (Å²) in [5.41, 5.74) is 2.31. The topological polar surface area (TPSA) is 41.5 Å². The largest absolute Gasteiger partial charge is 0.373 e. The molecule has 2 aromatic rings. The molecule has 0 radical (unpaired) electrons. The predicted octanol–water partition coefficient (Wildman–Crippen LogP) is 3.31. The first kappa shape index (κ1) is 13.8. The van der Waals surface area contributed by atoms with Gasteiger partial charge in [-0.3, -0.25) is 4.99 Å². The van der Waals surface area contributed by atoms with Crippen molar-refractivity contribution in [3.63, 3.8) is 0 Å². The second-order valence-corrected chi connectivity index (χ2v) is 5.18. The predicted molar refractivity (Wildman–Crippen MR) is 81.8 cm³/mol. The van der Waals surface area contributed by atoms with Gasteiger partial charge in [0.25, 0.3) is 0 Å². The van der Waals surface area contributed by atoms with E-state index in [2.05, 4.69) is 10.3 Å². The van der Waals surface area contributed by atoms with E-state index in [1.165, 1.54) is 6.07 Å². The van der Waals surface area contributed by atoms with Crippen LogP contribution in [0.2, 0.25) is 5.02 Å². The van der Waals surface area contributed by atoms with Crippen LogP contribution in [-0.2, 0) is 4.79 Å². The highest BCUT2D eigenvalue weighted by atomic mass is 35.5. The van der Waals surface area contributed by atoms with E-state index < -0.39 is 6.04 Å². The fourth-order valence-corrected chi connectivity index (χ4v) is 2.49. The average molecular weight is 303 g/mol. The van der Waals surface area contributed by atoms with Crippen molar-refractivity contribution in [2.24, 2.45) is 4.99 Å². The minimum absolute atomic E-state index is 0.249. The van der Waals surface area contributed by atoms with Gasteiger partial charge in [-0.25, -0.2) is 4.39 Å². The van der Waals surface area contributed by atoms with Crippen LogP contribution in [0.15, 0.2) is 47.5 Å². The Hall–Kier alpha value is -2.20. The second kappa shape index (κ2) is 5.66. The van der Waals surface area contributed by atoms with Crippen molar-refractivity contribution in [2.75, 3.05) is 11.9 Å². The van der Waals surface area contributed by atoms with E-state index in [9.17, 15) is 9.18 Å². The number of carbonyl (C=O) groups is 1. The summed E-state index contributed by atoms with van der Waals surface area (Å²) in [4.78, 5) is 15.5. The normalized spacial score (nSPS) is 17.2. The molecule has 0 saturated carbocycles. The first-order valence-electron chi connectivity index (χ1n) is 6.50. The minimum Gasteiger partial charge on any atom is -0.373 e. The van der Waals surface area contributed by atoms with Gasteiger partial charge in [-0.15, -0.1) is 0 Å². The molecule has 0 saturated heterocycles. The van der Waals surface area contributed by atoms with Crippen molar-refractivity contribution >= 4 is 29.3 Å². The lowest BCUT2D eigenvalue weighted by molar-refractivity contribution is -0.108. The number of hydrogen-bond donors (Lipinski definition) is 1. The monoisotopic (exact) mass is 302 g/mol. The molecule has 1 unspecified atom stereocenters. The van der Waals surface area contributed by atoms with Crippen molar-refractivity contribution in [1.82, 2.24) is 0 Å². The highest BCUT2D eigenvalue weighted by molar-refractivity contribution is 6.31. The lowest BCUT2D eigenvalue weighted by Gasteiger charge is -2.13. The number of aliphatic imine (C=N–C) groups is 1. The Morgan fingerprint density at radius 1 is 1.24 bits per heavy atom. The first-order chi connectivity index (χ1) is 10.2. The molecule has 0 aliphatic carbocycles. The summed E-state index contributed by atoms with van der Waals surface area (Å²) in [6.45, 7) is 0.249. The highest BCUT2D eigenvalue weighted by Gasteiger charge is 2.21. The van der Waals surface area contributed by atoms with Gasteiger partial charge in [0, 0.05) is 21.8 Å². The van der Waals surface area contributed by atoms with Crippen LogP contribution in [0.3, 0.4) is 0 Å². The van der Waals surface area contributed by atoms with Crippen LogP contribution < -0.4 is 5.32 Å². The van der Waals surface area contributed by atoms with Crippen molar-refractivity contribution in [1.29, 1.82) is 0 Å².